The predicted molar refractivity (Wildman–Crippen MR) is 84.8 cm³/mol. The molecule has 2 rings (SSSR count). The summed E-state index contributed by atoms with van der Waals surface area (Å²) in [5.41, 5.74) is 1.64. The normalized spacial score (nSPS) is 22.6. The predicted octanol–water partition coefficient (Wildman–Crippen LogP) is 2.92. The van der Waals surface area contributed by atoms with Gasteiger partial charge >= 0.3 is 5.97 Å². The molecule has 20 heavy (non-hydrogen) atoms. The fraction of sp³-hybridized carbons (Fsp3) is 0.467. The number of likely N-dealkylation sites (tertiary alicyclic amines) is 1. The Morgan fingerprint density at radius 3 is 2.75 bits per heavy atom. The van der Waals surface area contributed by atoms with E-state index < -0.39 is 12.0 Å². The van der Waals surface area contributed by atoms with Crippen molar-refractivity contribution in [1.29, 1.82) is 0 Å². The lowest BCUT2D eigenvalue weighted by Crippen LogP contribution is -2.52. The standard InChI is InChI=1S/C15H18INO3/c1-9-5-3-7-11(12(9)16)14(18)17-8-4-6-10(2)13(17)15(19)20/h3,5,7,10,13H,4,6,8H2,1-2H3,(H,19,20). The first-order chi connectivity index (χ1) is 9.43. The lowest BCUT2D eigenvalue weighted by molar-refractivity contribution is -0.145. The number of amides is 1. The molecule has 2 atom stereocenters. The van der Waals surface area contributed by atoms with Crippen molar-refractivity contribution in [3.05, 3.63) is 32.9 Å². The van der Waals surface area contributed by atoms with Gasteiger partial charge in [0.1, 0.15) is 6.04 Å². The molecule has 0 saturated carbocycles. The SMILES string of the molecule is Cc1cccc(C(=O)N2CCCC(C)C2C(=O)O)c1I. The van der Waals surface area contributed by atoms with E-state index in [-0.39, 0.29) is 11.8 Å². The quantitative estimate of drug-likeness (QED) is 0.794. The third-order valence-electron chi connectivity index (χ3n) is 3.87. The molecule has 2 unspecified atom stereocenters. The summed E-state index contributed by atoms with van der Waals surface area (Å²) < 4.78 is 0.900. The number of carboxylic acid groups (broad SMARTS) is 1. The van der Waals surface area contributed by atoms with Gasteiger partial charge < -0.3 is 10.0 Å². The first kappa shape index (κ1) is 15.3. The average Bonchev–Trinajstić information content (AvgIpc) is 2.40. The zero-order chi connectivity index (χ0) is 14.9. The van der Waals surface area contributed by atoms with E-state index in [1.54, 1.807) is 6.07 Å². The third-order valence-corrected chi connectivity index (χ3v) is 5.30. The highest BCUT2D eigenvalue weighted by Gasteiger charge is 2.37. The highest BCUT2D eigenvalue weighted by Crippen LogP contribution is 2.27. The monoisotopic (exact) mass is 387 g/mol. The van der Waals surface area contributed by atoms with Gasteiger partial charge in [-0.25, -0.2) is 4.79 Å². The molecule has 1 N–H and O–H groups in total. The number of nitrogens with zero attached hydrogens (tertiary/aromatic N) is 1. The third kappa shape index (κ3) is 2.82. The van der Waals surface area contributed by atoms with E-state index in [1.807, 2.05) is 26.0 Å². The maximum Gasteiger partial charge on any atom is 0.326 e. The van der Waals surface area contributed by atoms with E-state index in [9.17, 15) is 14.7 Å². The number of carboxylic acids is 1. The molecule has 0 aliphatic carbocycles. The topological polar surface area (TPSA) is 57.6 Å². The molecule has 4 nitrogen and oxygen atoms in total. The number of halogens is 1. The molecule has 5 heteroatoms. The van der Waals surface area contributed by atoms with Gasteiger partial charge in [-0.05, 0) is 59.9 Å². The molecule has 0 radical (unpaired) electrons. The number of aliphatic carboxylic acids is 1. The van der Waals surface area contributed by atoms with Crippen LogP contribution in [0.3, 0.4) is 0 Å². The molecule has 1 amide bonds. The van der Waals surface area contributed by atoms with Crippen LogP contribution in [0.1, 0.15) is 35.7 Å². The lowest BCUT2D eigenvalue weighted by atomic mass is 9.90. The van der Waals surface area contributed by atoms with E-state index >= 15 is 0 Å². The summed E-state index contributed by atoms with van der Waals surface area (Å²) in [7, 11) is 0. The Bertz CT molecular complexity index is 544. The molecule has 108 valence electrons. The van der Waals surface area contributed by atoms with E-state index in [1.165, 1.54) is 4.90 Å². The van der Waals surface area contributed by atoms with Crippen LogP contribution in [0.4, 0.5) is 0 Å². The molecule has 0 aromatic heterocycles. The fourth-order valence-corrected chi connectivity index (χ4v) is 3.35. The summed E-state index contributed by atoms with van der Waals surface area (Å²) in [4.78, 5) is 25.7. The van der Waals surface area contributed by atoms with Crippen molar-refractivity contribution < 1.29 is 14.7 Å². The Kier molecular flexibility index (Phi) is 4.67. The van der Waals surface area contributed by atoms with Gasteiger partial charge in [-0.15, -0.1) is 0 Å². The van der Waals surface area contributed by atoms with Crippen molar-refractivity contribution in [3.63, 3.8) is 0 Å². The van der Waals surface area contributed by atoms with Crippen LogP contribution in [0.5, 0.6) is 0 Å². The van der Waals surface area contributed by atoms with E-state index in [0.29, 0.717) is 12.1 Å². The zero-order valence-electron chi connectivity index (χ0n) is 11.6. The summed E-state index contributed by atoms with van der Waals surface area (Å²) >= 11 is 2.15. The van der Waals surface area contributed by atoms with Crippen LogP contribution in [0.15, 0.2) is 18.2 Å². The van der Waals surface area contributed by atoms with Crippen LogP contribution in [0, 0.1) is 16.4 Å². The van der Waals surface area contributed by atoms with Crippen molar-refractivity contribution in [2.24, 2.45) is 5.92 Å². The molecule has 0 spiro atoms. The number of aryl methyl sites for hydroxylation is 1. The minimum atomic E-state index is -0.909. The minimum Gasteiger partial charge on any atom is -0.480 e. The number of benzene rings is 1. The molecule has 1 saturated heterocycles. The second-order valence-corrected chi connectivity index (χ2v) is 6.42. The Hall–Kier alpha value is -1.11. The van der Waals surface area contributed by atoms with Gasteiger partial charge in [0.15, 0.2) is 0 Å². The number of carbonyl (C=O) groups excluding carboxylic acids is 1. The van der Waals surface area contributed by atoms with Crippen LogP contribution in [0.25, 0.3) is 0 Å². The number of hydrogen-bond acceptors (Lipinski definition) is 2. The van der Waals surface area contributed by atoms with Gasteiger partial charge in [-0.2, -0.15) is 0 Å². The number of piperidine rings is 1. The second kappa shape index (κ2) is 6.11. The molecule has 1 aliphatic rings. The Morgan fingerprint density at radius 2 is 2.10 bits per heavy atom. The first-order valence-electron chi connectivity index (χ1n) is 6.72. The fourth-order valence-electron chi connectivity index (χ4n) is 2.76. The number of carbonyl (C=O) groups is 2. The minimum absolute atomic E-state index is 0.00679. The highest BCUT2D eigenvalue weighted by atomic mass is 127. The maximum atomic E-state index is 12.7. The molecule has 1 heterocycles. The van der Waals surface area contributed by atoms with Gasteiger partial charge in [-0.3, -0.25) is 4.79 Å². The van der Waals surface area contributed by atoms with Crippen molar-refractivity contribution in [3.8, 4) is 0 Å². The molecule has 1 aromatic carbocycles. The maximum absolute atomic E-state index is 12.7. The zero-order valence-corrected chi connectivity index (χ0v) is 13.8. The molecule has 1 aromatic rings. The largest absolute Gasteiger partial charge is 0.480 e. The van der Waals surface area contributed by atoms with Crippen LogP contribution < -0.4 is 0 Å². The summed E-state index contributed by atoms with van der Waals surface area (Å²) in [5, 5.41) is 9.40. The molecule has 0 bridgehead atoms. The van der Waals surface area contributed by atoms with Gasteiger partial charge in [0.2, 0.25) is 0 Å². The number of hydrogen-bond donors (Lipinski definition) is 1. The Balaban J connectivity index is 2.35. The smallest absolute Gasteiger partial charge is 0.326 e. The van der Waals surface area contributed by atoms with Crippen LogP contribution >= 0.6 is 22.6 Å². The summed E-state index contributed by atoms with van der Waals surface area (Å²) in [6.07, 6.45) is 1.71. The van der Waals surface area contributed by atoms with Crippen LogP contribution in [-0.2, 0) is 4.79 Å². The summed E-state index contributed by atoms with van der Waals surface area (Å²) in [6, 6.07) is 4.85. The van der Waals surface area contributed by atoms with Gasteiger partial charge in [0.25, 0.3) is 5.91 Å². The van der Waals surface area contributed by atoms with Crippen molar-refractivity contribution in [2.45, 2.75) is 32.7 Å². The van der Waals surface area contributed by atoms with E-state index in [0.717, 1.165) is 22.0 Å². The van der Waals surface area contributed by atoms with Gasteiger partial charge in [0.05, 0.1) is 5.56 Å². The lowest BCUT2D eigenvalue weighted by Gasteiger charge is -2.37. The van der Waals surface area contributed by atoms with Gasteiger partial charge in [-0.1, -0.05) is 19.1 Å². The molecular formula is C15H18INO3. The van der Waals surface area contributed by atoms with Crippen molar-refractivity contribution in [1.82, 2.24) is 4.90 Å². The van der Waals surface area contributed by atoms with E-state index in [4.69, 9.17) is 0 Å². The van der Waals surface area contributed by atoms with Crippen LogP contribution in [0.2, 0.25) is 0 Å². The van der Waals surface area contributed by atoms with E-state index in [2.05, 4.69) is 22.6 Å². The van der Waals surface area contributed by atoms with Crippen molar-refractivity contribution >= 4 is 34.5 Å². The molecular weight excluding hydrogens is 369 g/mol. The number of rotatable bonds is 2. The summed E-state index contributed by atoms with van der Waals surface area (Å²) in [5.74, 6) is -1.09. The molecule has 1 aliphatic heterocycles. The average molecular weight is 387 g/mol. The Labute approximate surface area is 132 Å². The summed E-state index contributed by atoms with van der Waals surface area (Å²) in [6.45, 7) is 4.37. The Morgan fingerprint density at radius 1 is 1.40 bits per heavy atom. The van der Waals surface area contributed by atoms with Crippen molar-refractivity contribution in [2.75, 3.05) is 6.54 Å². The van der Waals surface area contributed by atoms with Gasteiger partial charge in [0, 0.05) is 10.1 Å². The first-order valence-corrected chi connectivity index (χ1v) is 7.80. The highest BCUT2D eigenvalue weighted by molar-refractivity contribution is 14.1. The molecule has 1 fully saturated rings. The second-order valence-electron chi connectivity index (χ2n) is 5.34. The van der Waals surface area contributed by atoms with Crippen LogP contribution in [-0.4, -0.2) is 34.5 Å².